The van der Waals surface area contributed by atoms with Gasteiger partial charge in [0, 0.05) is 71.6 Å². The fourth-order valence-electron chi connectivity index (χ4n) is 3.05. The van der Waals surface area contributed by atoms with E-state index in [-0.39, 0.29) is 11.7 Å². The van der Waals surface area contributed by atoms with Crippen LogP contribution in [-0.2, 0) is 9.53 Å². The number of nitrogens with one attached hydrogen (secondary N) is 2. The first-order valence-electron chi connectivity index (χ1n) is 9.93. The highest BCUT2D eigenvalue weighted by molar-refractivity contribution is 5.81. The Morgan fingerprint density at radius 2 is 1.89 bits per heavy atom. The number of piperazine rings is 1. The lowest BCUT2D eigenvalue weighted by atomic mass is 10.2. The van der Waals surface area contributed by atoms with Crippen LogP contribution in [0.25, 0.3) is 0 Å². The molecule has 0 aliphatic carbocycles. The number of guanidine groups is 1. The van der Waals surface area contributed by atoms with E-state index in [0.717, 1.165) is 37.7 Å². The van der Waals surface area contributed by atoms with E-state index in [4.69, 9.17) is 4.74 Å². The number of anilines is 1. The maximum atomic E-state index is 13.1. The number of nitrogens with zero attached hydrogens (tertiary/aromatic N) is 3. The first-order chi connectivity index (χ1) is 13.6. The molecule has 1 heterocycles. The molecule has 0 bridgehead atoms. The van der Waals surface area contributed by atoms with Gasteiger partial charge in [-0.3, -0.25) is 9.79 Å². The van der Waals surface area contributed by atoms with E-state index in [2.05, 4.69) is 20.5 Å². The summed E-state index contributed by atoms with van der Waals surface area (Å²) in [6, 6.07) is 6.50. The first-order valence-corrected chi connectivity index (χ1v) is 9.93. The number of hydrogen-bond donors (Lipinski definition) is 2. The molecular weight excluding hydrogens is 361 g/mol. The van der Waals surface area contributed by atoms with Gasteiger partial charge in [-0.25, -0.2) is 4.39 Å². The normalized spacial score (nSPS) is 14.9. The van der Waals surface area contributed by atoms with Gasteiger partial charge in [-0.15, -0.1) is 0 Å². The van der Waals surface area contributed by atoms with E-state index < -0.39 is 0 Å². The van der Waals surface area contributed by atoms with Crippen molar-refractivity contribution < 1.29 is 13.9 Å². The van der Waals surface area contributed by atoms with Crippen LogP contribution >= 0.6 is 0 Å². The molecule has 1 amide bonds. The number of hydrogen-bond acceptors (Lipinski definition) is 4. The number of rotatable bonds is 9. The second kappa shape index (κ2) is 12.2. The summed E-state index contributed by atoms with van der Waals surface area (Å²) in [5, 5.41) is 6.39. The standard InChI is InChI=1S/C20H32FN5O2/c1-3-22-20(23-10-4-16-28-2)24-11-9-19(27)26-14-12-25(13-15-26)18-7-5-17(21)6-8-18/h5-8H,3-4,9-16H2,1-2H3,(H2,22,23,24). The van der Waals surface area contributed by atoms with Gasteiger partial charge >= 0.3 is 0 Å². The average molecular weight is 394 g/mol. The fourth-order valence-corrected chi connectivity index (χ4v) is 3.05. The average Bonchev–Trinajstić information content (AvgIpc) is 2.72. The van der Waals surface area contributed by atoms with Crippen molar-refractivity contribution in [1.29, 1.82) is 0 Å². The molecule has 0 aromatic heterocycles. The maximum absolute atomic E-state index is 13.1. The third-order valence-electron chi connectivity index (χ3n) is 4.58. The molecule has 0 saturated carbocycles. The minimum atomic E-state index is -0.232. The van der Waals surface area contributed by atoms with Crippen molar-refractivity contribution in [1.82, 2.24) is 15.5 Å². The molecule has 1 aliphatic rings. The van der Waals surface area contributed by atoms with E-state index >= 15 is 0 Å². The summed E-state index contributed by atoms with van der Waals surface area (Å²) in [6.07, 6.45) is 1.30. The predicted octanol–water partition coefficient (Wildman–Crippen LogP) is 1.46. The van der Waals surface area contributed by atoms with Crippen LogP contribution < -0.4 is 15.5 Å². The molecule has 1 aromatic carbocycles. The van der Waals surface area contributed by atoms with Crippen LogP contribution in [0.2, 0.25) is 0 Å². The molecule has 0 unspecified atom stereocenters. The summed E-state index contributed by atoms with van der Waals surface area (Å²) in [6.45, 7) is 7.58. The zero-order valence-corrected chi connectivity index (χ0v) is 16.9. The molecule has 1 saturated heterocycles. The van der Waals surface area contributed by atoms with Crippen molar-refractivity contribution >= 4 is 17.6 Å². The van der Waals surface area contributed by atoms with Crippen LogP contribution in [-0.4, -0.2) is 76.3 Å². The number of ether oxygens (including phenoxy) is 1. The van der Waals surface area contributed by atoms with Gasteiger partial charge < -0.3 is 25.2 Å². The maximum Gasteiger partial charge on any atom is 0.224 e. The second-order valence-electron chi connectivity index (χ2n) is 6.63. The second-order valence-corrected chi connectivity index (χ2v) is 6.63. The molecule has 1 aromatic rings. The topological polar surface area (TPSA) is 69.2 Å². The van der Waals surface area contributed by atoms with Crippen molar-refractivity contribution in [3.8, 4) is 0 Å². The molecule has 1 aliphatic heterocycles. The van der Waals surface area contributed by atoms with Gasteiger partial charge in [0.05, 0.1) is 0 Å². The van der Waals surface area contributed by atoms with Crippen molar-refractivity contribution in [2.75, 3.05) is 64.4 Å². The SMILES string of the molecule is CCNC(=NCCCOC)NCCC(=O)N1CCN(c2ccc(F)cc2)CC1. The molecule has 28 heavy (non-hydrogen) atoms. The lowest BCUT2D eigenvalue weighted by Crippen LogP contribution is -2.49. The quantitative estimate of drug-likeness (QED) is 0.378. The monoisotopic (exact) mass is 393 g/mol. The first kappa shape index (κ1) is 21.9. The molecule has 0 radical (unpaired) electrons. The van der Waals surface area contributed by atoms with Crippen LogP contribution in [0.1, 0.15) is 19.8 Å². The molecular formula is C20H32FN5O2. The van der Waals surface area contributed by atoms with Crippen LogP contribution in [0.3, 0.4) is 0 Å². The zero-order valence-electron chi connectivity index (χ0n) is 16.9. The highest BCUT2D eigenvalue weighted by Crippen LogP contribution is 2.17. The summed E-state index contributed by atoms with van der Waals surface area (Å²) >= 11 is 0. The van der Waals surface area contributed by atoms with Crippen molar-refractivity contribution in [3.05, 3.63) is 30.1 Å². The van der Waals surface area contributed by atoms with E-state index in [1.165, 1.54) is 12.1 Å². The molecule has 0 spiro atoms. The highest BCUT2D eigenvalue weighted by atomic mass is 19.1. The molecule has 156 valence electrons. The third kappa shape index (κ3) is 7.34. The summed E-state index contributed by atoms with van der Waals surface area (Å²) in [5.41, 5.74) is 0.995. The summed E-state index contributed by atoms with van der Waals surface area (Å²) in [4.78, 5) is 21.0. The van der Waals surface area contributed by atoms with Gasteiger partial charge in [0.15, 0.2) is 5.96 Å². The van der Waals surface area contributed by atoms with Crippen LogP contribution in [0.4, 0.5) is 10.1 Å². The summed E-state index contributed by atoms with van der Waals surface area (Å²) in [7, 11) is 1.68. The van der Waals surface area contributed by atoms with Gasteiger partial charge in [-0.05, 0) is 37.6 Å². The predicted molar refractivity (Wildman–Crippen MR) is 110 cm³/mol. The van der Waals surface area contributed by atoms with Gasteiger partial charge in [0.25, 0.3) is 0 Å². The number of carbonyl (C=O) groups is 1. The Balaban J connectivity index is 1.70. The Bertz CT molecular complexity index is 616. The van der Waals surface area contributed by atoms with Crippen molar-refractivity contribution in [2.24, 2.45) is 4.99 Å². The Labute approximate surface area is 166 Å². The Morgan fingerprint density at radius 1 is 1.18 bits per heavy atom. The number of carbonyl (C=O) groups excluding carboxylic acids is 1. The van der Waals surface area contributed by atoms with Gasteiger partial charge in [-0.2, -0.15) is 0 Å². The van der Waals surface area contributed by atoms with E-state index in [1.54, 1.807) is 19.2 Å². The highest BCUT2D eigenvalue weighted by Gasteiger charge is 2.21. The minimum Gasteiger partial charge on any atom is -0.385 e. The van der Waals surface area contributed by atoms with Crippen LogP contribution in [0.15, 0.2) is 29.3 Å². The number of halogens is 1. The lowest BCUT2D eigenvalue weighted by molar-refractivity contribution is -0.131. The van der Waals surface area contributed by atoms with Gasteiger partial charge in [0.2, 0.25) is 5.91 Å². The minimum absolute atomic E-state index is 0.140. The summed E-state index contributed by atoms with van der Waals surface area (Å²) < 4.78 is 18.1. The zero-order chi connectivity index (χ0) is 20.2. The Hall–Kier alpha value is -2.35. The Kier molecular flexibility index (Phi) is 9.54. The van der Waals surface area contributed by atoms with E-state index in [0.29, 0.717) is 39.2 Å². The smallest absolute Gasteiger partial charge is 0.224 e. The molecule has 2 rings (SSSR count). The van der Waals surface area contributed by atoms with E-state index in [9.17, 15) is 9.18 Å². The number of methoxy groups -OCH3 is 1. The van der Waals surface area contributed by atoms with Crippen LogP contribution in [0, 0.1) is 5.82 Å². The number of amides is 1. The number of benzene rings is 1. The van der Waals surface area contributed by atoms with Gasteiger partial charge in [-0.1, -0.05) is 0 Å². The van der Waals surface area contributed by atoms with Crippen molar-refractivity contribution in [2.45, 2.75) is 19.8 Å². The van der Waals surface area contributed by atoms with Gasteiger partial charge in [0.1, 0.15) is 5.82 Å². The van der Waals surface area contributed by atoms with Crippen LogP contribution in [0.5, 0.6) is 0 Å². The van der Waals surface area contributed by atoms with Crippen molar-refractivity contribution in [3.63, 3.8) is 0 Å². The molecule has 1 fully saturated rings. The summed E-state index contributed by atoms with van der Waals surface area (Å²) in [5.74, 6) is 0.637. The molecule has 8 heteroatoms. The van der Waals surface area contributed by atoms with E-state index in [1.807, 2.05) is 11.8 Å². The Morgan fingerprint density at radius 3 is 2.54 bits per heavy atom. The fraction of sp³-hybridized carbons (Fsp3) is 0.600. The largest absolute Gasteiger partial charge is 0.385 e. The molecule has 7 nitrogen and oxygen atoms in total. The number of aliphatic imine (C=N–C) groups is 1. The third-order valence-corrected chi connectivity index (χ3v) is 4.58. The lowest BCUT2D eigenvalue weighted by Gasteiger charge is -2.36. The molecule has 0 atom stereocenters. The molecule has 2 N–H and O–H groups in total.